The summed E-state index contributed by atoms with van der Waals surface area (Å²) in [5, 5.41) is 0. The topological polar surface area (TPSA) is 81.4 Å². The Balaban J connectivity index is 1.70. The first-order valence-electron chi connectivity index (χ1n) is 8.94. The molecule has 2 saturated heterocycles. The molecule has 1 aromatic carbocycles. The lowest BCUT2D eigenvalue weighted by molar-refractivity contribution is -0.101. The van der Waals surface area contributed by atoms with Crippen molar-refractivity contribution in [2.45, 2.75) is 38.1 Å². The molecule has 1 aromatic rings. The molecule has 2 fully saturated rings. The molecular formula is C18H28BNO6. The minimum absolute atomic E-state index is 0.0688. The standard InChI is InChI=1S/C18H28BNO6/c1-17(2)18(3,12-20)26-19(25-17)13-5-6-15(16(9-13)21-4)24-11-14-10-22-7-8-23-14/h5-6,9,14H,7-8,10-12,20H2,1-4H3/t14-,18?/m1/s1. The molecule has 2 heterocycles. The Labute approximate surface area is 155 Å². The average molecular weight is 365 g/mol. The fourth-order valence-corrected chi connectivity index (χ4v) is 2.99. The van der Waals surface area contributed by atoms with Crippen LogP contribution in [0.15, 0.2) is 18.2 Å². The minimum atomic E-state index is -0.557. The van der Waals surface area contributed by atoms with Gasteiger partial charge in [0.15, 0.2) is 11.5 Å². The molecule has 26 heavy (non-hydrogen) atoms. The van der Waals surface area contributed by atoms with Crippen molar-refractivity contribution in [3.8, 4) is 11.5 Å². The highest BCUT2D eigenvalue weighted by atomic mass is 16.7. The van der Waals surface area contributed by atoms with Crippen molar-refractivity contribution in [3.63, 3.8) is 0 Å². The largest absolute Gasteiger partial charge is 0.495 e. The van der Waals surface area contributed by atoms with Gasteiger partial charge in [-0.1, -0.05) is 6.07 Å². The Morgan fingerprint density at radius 3 is 2.62 bits per heavy atom. The first kappa shape index (κ1) is 19.4. The van der Waals surface area contributed by atoms with Gasteiger partial charge in [-0.15, -0.1) is 0 Å². The highest BCUT2D eigenvalue weighted by molar-refractivity contribution is 6.62. The van der Waals surface area contributed by atoms with E-state index in [1.807, 2.05) is 39.0 Å². The van der Waals surface area contributed by atoms with Gasteiger partial charge in [-0.25, -0.2) is 0 Å². The summed E-state index contributed by atoms with van der Waals surface area (Å²) in [4.78, 5) is 0. The van der Waals surface area contributed by atoms with Gasteiger partial charge in [0.1, 0.15) is 12.7 Å². The summed E-state index contributed by atoms with van der Waals surface area (Å²) < 4.78 is 34.5. The molecule has 0 bridgehead atoms. The van der Waals surface area contributed by atoms with Crippen LogP contribution in [0.5, 0.6) is 11.5 Å². The second-order valence-electron chi connectivity index (χ2n) is 7.30. The van der Waals surface area contributed by atoms with Crippen LogP contribution in [0, 0.1) is 0 Å². The molecule has 2 N–H and O–H groups in total. The van der Waals surface area contributed by atoms with E-state index in [1.54, 1.807) is 7.11 Å². The third kappa shape index (κ3) is 3.84. The van der Waals surface area contributed by atoms with Gasteiger partial charge in [0.25, 0.3) is 0 Å². The smallest absolute Gasteiger partial charge is 0.493 e. The van der Waals surface area contributed by atoms with Crippen molar-refractivity contribution in [2.75, 3.05) is 40.1 Å². The van der Waals surface area contributed by atoms with Crippen molar-refractivity contribution in [3.05, 3.63) is 18.2 Å². The third-order valence-corrected chi connectivity index (χ3v) is 5.20. The first-order chi connectivity index (χ1) is 12.4. The predicted octanol–water partition coefficient (Wildman–Crippen LogP) is 0.727. The number of nitrogens with two attached hydrogens (primary N) is 1. The summed E-state index contributed by atoms with van der Waals surface area (Å²) in [6.45, 7) is 8.49. The van der Waals surface area contributed by atoms with E-state index in [0.29, 0.717) is 44.5 Å². The average Bonchev–Trinajstić information content (AvgIpc) is 2.90. The van der Waals surface area contributed by atoms with E-state index >= 15 is 0 Å². The van der Waals surface area contributed by atoms with Crippen molar-refractivity contribution in [1.82, 2.24) is 0 Å². The van der Waals surface area contributed by atoms with Gasteiger partial charge >= 0.3 is 7.12 Å². The minimum Gasteiger partial charge on any atom is -0.493 e. The normalized spacial score (nSPS) is 28.2. The maximum atomic E-state index is 6.11. The van der Waals surface area contributed by atoms with Gasteiger partial charge < -0.3 is 34.0 Å². The highest BCUT2D eigenvalue weighted by Gasteiger charge is 2.53. The molecule has 0 aromatic heterocycles. The summed E-state index contributed by atoms with van der Waals surface area (Å²) in [6.07, 6.45) is -0.0688. The molecule has 1 unspecified atom stereocenters. The molecule has 3 rings (SSSR count). The first-order valence-corrected chi connectivity index (χ1v) is 8.94. The molecular weight excluding hydrogens is 337 g/mol. The van der Waals surface area contributed by atoms with Crippen molar-refractivity contribution < 1.29 is 28.3 Å². The molecule has 0 aliphatic carbocycles. The molecule has 0 radical (unpaired) electrons. The van der Waals surface area contributed by atoms with E-state index in [4.69, 9.17) is 34.0 Å². The van der Waals surface area contributed by atoms with Gasteiger partial charge in [0.2, 0.25) is 0 Å². The Hall–Kier alpha value is -1.32. The Kier molecular flexibility index (Phi) is 5.79. The van der Waals surface area contributed by atoms with Crippen LogP contribution in [0.3, 0.4) is 0 Å². The number of hydrogen-bond acceptors (Lipinski definition) is 7. The molecule has 7 nitrogen and oxygen atoms in total. The summed E-state index contributed by atoms with van der Waals surface area (Å²) in [5.74, 6) is 1.26. The molecule has 2 aliphatic rings. The van der Waals surface area contributed by atoms with E-state index in [9.17, 15) is 0 Å². The monoisotopic (exact) mass is 365 g/mol. The Bertz CT molecular complexity index is 622. The zero-order chi connectivity index (χ0) is 18.8. The molecule has 2 atom stereocenters. The number of rotatable bonds is 6. The lowest BCUT2D eigenvalue weighted by Gasteiger charge is -2.35. The SMILES string of the molecule is COc1cc(B2OC(C)(C)C(C)(CN)O2)ccc1OC[C@H]1COCCO1. The summed E-state index contributed by atoms with van der Waals surface area (Å²) in [5.41, 5.74) is 5.71. The molecule has 144 valence electrons. The predicted molar refractivity (Wildman–Crippen MR) is 98.1 cm³/mol. The third-order valence-electron chi connectivity index (χ3n) is 5.20. The zero-order valence-electron chi connectivity index (χ0n) is 15.9. The van der Waals surface area contributed by atoms with Gasteiger partial charge in [-0.05, 0) is 38.4 Å². The fourth-order valence-electron chi connectivity index (χ4n) is 2.99. The van der Waals surface area contributed by atoms with E-state index in [0.717, 1.165) is 5.46 Å². The molecule has 2 aliphatic heterocycles. The van der Waals surface area contributed by atoms with Crippen LogP contribution in [0.4, 0.5) is 0 Å². The summed E-state index contributed by atoms with van der Waals surface area (Å²) in [6, 6.07) is 5.64. The van der Waals surface area contributed by atoms with Gasteiger partial charge in [-0.3, -0.25) is 0 Å². The number of hydrogen-bond donors (Lipinski definition) is 1. The molecule has 0 saturated carbocycles. The lowest BCUT2D eigenvalue weighted by atomic mass is 9.79. The van der Waals surface area contributed by atoms with Crippen LogP contribution < -0.4 is 20.7 Å². The van der Waals surface area contributed by atoms with Crippen molar-refractivity contribution in [2.24, 2.45) is 5.73 Å². The summed E-state index contributed by atoms with van der Waals surface area (Å²) >= 11 is 0. The van der Waals surface area contributed by atoms with Crippen LogP contribution in [0.25, 0.3) is 0 Å². The van der Waals surface area contributed by atoms with E-state index in [-0.39, 0.29) is 6.10 Å². The Morgan fingerprint density at radius 1 is 1.19 bits per heavy atom. The molecule has 0 amide bonds. The van der Waals surface area contributed by atoms with E-state index in [1.165, 1.54) is 0 Å². The fraction of sp³-hybridized carbons (Fsp3) is 0.667. The van der Waals surface area contributed by atoms with Crippen LogP contribution in [0.2, 0.25) is 0 Å². The second-order valence-corrected chi connectivity index (χ2v) is 7.30. The van der Waals surface area contributed by atoms with Crippen LogP contribution >= 0.6 is 0 Å². The maximum Gasteiger partial charge on any atom is 0.495 e. The molecule has 0 spiro atoms. The van der Waals surface area contributed by atoms with E-state index in [2.05, 4.69) is 0 Å². The highest BCUT2D eigenvalue weighted by Crippen LogP contribution is 2.37. The number of ether oxygens (including phenoxy) is 4. The maximum absolute atomic E-state index is 6.11. The van der Waals surface area contributed by atoms with Gasteiger partial charge in [0.05, 0.1) is 38.1 Å². The quantitative estimate of drug-likeness (QED) is 0.745. The molecule has 8 heteroatoms. The second kappa shape index (κ2) is 7.74. The van der Waals surface area contributed by atoms with Crippen LogP contribution in [-0.4, -0.2) is 64.5 Å². The number of benzene rings is 1. The number of methoxy groups -OCH3 is 1. The van der Waals surface area contributed by atoms with Crippen LogP contribution in [0.1, 0.15) is 20.8 Å². The summed E-state index contributed by atoms with van der Waals surface area (Å²) in [7, 11) is 1.10. The lowest BCUT2D eigenvalue weighted by Crippen LogP contribution is -2.50. The van der Waals surface area contributed by atoms with E-state index < -0.39 is 18.3 Å². The zero-order valence-corrected chi connectivity index (χ0v) is 15.9. The Morgan fingerprint density at radius 2 is 2.00 bits per heavy atom. The van der Waals surface area contributed by atoms with Gasteiger partial charge in [-0.2, -0.15) is 0 Å². The van der Waals surface area contributed by atoms with Crippen LogP contribution in [-0.2, 0) is 18.8 Å². The van der Waals surface area contributed by atoms with Crippen molar-refractivity contribution in [1.29, 1.82) is 0 Å². The van der Waals surface area contributed by atoms with Crippen molar-refractivity contribution >= 4 is 12.6 Å². The van der Waals surface area contributed by atoms with Gasteiger partial charge in [0, 0.05) is 6.54 Å².